The summed E-state index contributed by atoms with van der Waals surface area (Å²) < 4.78 is 0. The second kappa shape index (κ2) is 6.37. The number of nitrogens with zero attached hydrogens (tertiary/aromatic N) is 2. The Morgan fingerprint density at radius 3 is 2.75 bits per heavy atom. The molecule has 1 heterocycles. The molecule has 1 aromatic carbocycles. The minimum absolute atomic E-state index is 0.514. The van der Waals surface area contributed by atoms with Crippen LogP contribution in [-0.2, 0) is 0 Å². The number of benzene rings is 1. The van der Waals surface area contributed by atoms with Gasteiger partial charge < -0.3 is 10.6 Å². The average Bonchev–Trinajstić information content (AvgIpc) is 2.43. The summed E-state index contributed by atoms with van der Waals surface area (Å²) in [7, 11) is 0. The fraction of sp³-hybridized carbons (Fsp3) is 0.375. The first kappa shape index (κ1) is 14.3. The Hall–Kier alpha value is -2.10. The number of nitrogens with one attached hydrogen (secondary N) is 2. The Labute approximate surface area is 120 Å². The van der Waals surface area contributed by atoms with Gasteiger partial charge in [0, 0.05) is 24.0 Å². The number of aryl methyl sites for hydroxylation is 1. The molecule has 20 heavy (non-hydrogen) atoms. The standard InChI is InChI=1S/C16H22N4/c1-5-17-16-18-10-12(4)15(20-16)19-14-8-6-7-13(9-14)11(2)3/h6-11H,5H2,1-4H3,(H2,17,18,19,20). The van der Waals surface area contributed by atoms with E-state index in [4.69, 9.17) is 0 Å². The highest BCUT2D eigenvalue weighted by Gasteiger charge is 2.05. The molecule has 0 spiro atoms. The van der Waals surface area contributed by atoms with Crippen LogP contribution in [0.1, 0.15) is 37.8 Å². The third-order valence-electron chi connectivity index (χ3n) is 3.12. The maximum Gasteiger partial charge on any atom is 0.224 e. The number of hydrogen-bond donors (Lipinski definition) is 2. The summed E-state index contributed by atoms with van der Waals surface area (Å²) >= 11 is 0. The van der Waals surface area contributed by atoms with Crippen molar-refractivity contribution >= 4 is 17.5 Å². The lowest BCUT2D eigenvalue weighted by atomic mass is 10.0. The molecule has 0 bridgehead atoms. The molecule has 0 aliphatic carbocycles. The minimum Gasteiger partial charge on any atom is -0.354 e. The molecule has 0 saturated heterocycles. The zero-order valence-electron chi connectivity index (χ0n) is 12.6. The highest BCUT2D eigenvalue weighted by atomic mass is 15.1. The molecule has 0 fully saturated rings. The highest BCUT2D eigenvalue weighted by molar-refractivity contribution is 5.60. The molecule has 4 nitrogen and oxygen atoms in total. The van der Waals surface area contributed by atoms with Gasteiger partial charge in [-0.2, -0.15) is 4.98 Å². The van der Waals surface area contributed by atoms with Crippen LogP contribution in [0, 0.1) is 6.92 Å². The van der Waals surface area contributed by atoms with Gasteiger partial charge in [0.2, 0.25) is 5.95 Å². The maximum absolute atomic E-state index is 4.50. The monoisotopic (exact) mass is 270 g/mol. The summed E-state index contributed by atoms with van der Waals surface area (Å²) in [6.45, 7) is 9.23. The molecule has 0 amide bonds. The van der Waals surface area contributed by atoms with Crippen molar-refractivity contribution in [3.8, 4) is 0 Å². The van der Waals surface area contributed by atoms with Gasteiger partial charge >= 0.3 is 0 Å². The topological polar surface area (TPSA) is 49.8 Å². The van der Waals surface area contributed by atoms with Crippen LogP contribution >= 0.6 is 0 Å². The van der Waals surface area contributed by atoms with Crippen LogP contribution in [0.5, 0.6) is 0 Å². The molecular formula is C16H22N4. The lowest BCUT2D eigenvalue weighted by molar-refractivity contribution is 0.867. The number of hydrogen-bond acceptors (Lipinski definition) is 4. The Morgan fingerprint density at radius 2 is 2.05 bits per heavy atom. The molecule has 0 radical (unpaired) electrons. The van der Waals surface area contributed by atoms with Crippen LogP contribution in [0.2, 0.25) is 0 Å². The van der Waals surface area contributed by atoms with Crippen LogP contribution in [0.4, 0.5) is 17.5 Å². The molecule has 2 aromatic rings. The van der Waals surface area contributed by atoms with Crippen LogP contribution in [0.15, 0.2) is 30.5 Å². The van der Waals surface area contributed by atoms with E-state index in [-0.39, 0.29) is 0 Å². The van der Waals surface area contributed by atoms with Gasteiger partial charge in [-0.15, -0.1) is 0 Å². The van der Waals surface area contributed by atoms with E-state index >= 15 is 0 Å². The van der Waals surface area contributed by atoms with Crippen molar-refractivity contribution in [2.75, 3.05) is 17.2 Å². The van der Waals surface area contributed by atoms with Crippen molar-refractivity contribution < 1.29 is 0 Å². The van der Waals surface area contributed by atoms with Gasteiger partial charge in [0.15, 0.2) is 0 Å². The molecule has 0 saturated carbocycles. The van der Waals surface area contributed by atoms with E-state index in [1.54, 1.807) is 0 Å². The smallest absolute Gasteiger partial charge is 0.224 e. The van der Waals surface area contributed by atoms with Gasteiger partial charge in [-0.1, -0.05) is 26.0 Å². The molecule has 0 unspecified atom stereocenters. The normalized spacial score (nSPS) is 10.7. The quantitative estimate of drug-likeness (QED) is 0.859. The maximum atomic E-state index is 4.50. The molecule has 1 aromatic heterocycles. The zero-order chi connectivity index (χ0) is 14.5. The van der Waals surface area contributed by atoms with E-state index in [0.29, 0.717) is 11.9 Å². The van der Waals surface area contributed by atoms with Gasteiger partial charge in [0.25, 0.3) is 0 Å². The van der Waals surface area contributed by atoms with Crippen molar-refractivity contribution in [3.05, 3.63) is 41.6 Å². The van der Waals surface area contributed by atoms with Crippen LogP contribution in [0.3, 0.4) is 0 Å². The van der Waals surface area contributed by atoms with Crippen molar-refractivity contribution in [2.45, 2.75) is 33.6 Å². The first-order valence-corrected chi connectivity index (χ1v) is 7.04. The molecule has 106 valence electrons. The first-order chi connectivity index (χ1) is 9.60. The van der Waals surface area contributed by atoms with Crippen molar-refractivity contribution in [2.24, 2.45) is 0 Å². The summed E-state index contributed by atoms with van der Waals surface area (Å²) in [6, 6.07) is 8.44. The Kier molecular flexibility index (Phi) is 4.56. The lowest BCUT2D eigenvalue weighted by Crippen LogP contribution is -2.05. The van der Waals surface area contributed by atoms with Crippen molar-refractivity contribution in [1.29, 1.82) is 0 Å². The molecule has 2 N–H and O–H groups in total. The highest BCUT2D eigenvalue weighted by Crippen LogP contribution is 2.23. The molecule has 0 aliphatic rings. The summed E-state index contributed by atoms with van der Waals surface area (Å²) in [5, 5.41) is 6.50. The van der Waals surface area contributed by atoms with Crippen molar-refractivity contribution in [1.82, 2.24) is 9.97 Å². The molecule has 0 atom stereocenters. The molecule has 2 rings (SSSR count). The zero-order valence-corrected chi connectivity index (χ0v) is 12.6. The number of rotatable bonds is 5. The van der Waals surface area contributed by atoms with E-state index in [1.807, 2.05) is 20.0 Å². The third kappa shape index (κ3) is 3.47. The van der Waals surface area contributed by atoms with Crippen LogP contribution in [-0.4, -0.2) is 16.5 Å². The first-order valence-electron chi connectivity index (χ1n) is 7.04. The lowest BCUT2D eigenvalue weighted by Gasteiger charge is -2.12. The van der Waals surface area contributed by atoms with Gasteiger partial charge in [-0.05, 0) is 37.5 Å². The van der Waals surface area contributed by atoms with Gasteiger partial charge in [0.05, 0.1) is 0 Å². The van der Waals surface area contributed by atoms with E-state index in [1.165, 1.54) is 5.56 Å². The number of aromatic nitrogens is 2. The average molecular weight is 270 g/mol. The summed E-state index contributed by atoms with van der Waals surface area (Å²) in [4.78, 5) is 8.75. The van der Waals surface area contributed by atoms with Crippen LogP contribution in [0.25, 0.3) is 0 Å². The van der Waals surface area contributed by atoms with E-state index in [2.05, 4.69) is 58.7 Å². The fourth-order valence-electron chi connectivity index (χ4n) is 1.92. The fourth-order valence-corrected chi connectivity index (χ4v) is 1.92. The summed E-state index contributed by atoms with van der Waals surface area (Å²) in [5.74, 6) is 2.01. The summed E-state index contributed by atoms with van der Waals surface area (Å²) in [5.41, 5.74) is 3.40. The van der Waals surface area contributed by atoms with E-state index < -0.39 is 0 Å². The summed E-state index contributed by atoms with van der Waals surface area (Å²) in [6.07, 6.45) is 1.83. The van der Waals surface area contributed by atoms with Gasteiger partial charge in [-0.3, -0.25) is 0 Å². The SMILES string of the molecule is CCNc1ncc(C)c(Nc2cccc(C(C)C)c2)n1. The van der Waals surface area contributed by atoms with E-state index in [0.717, 1.165) is 23.6 Å². The van der Waals surface area contributed by atoms with Crippen LogP contribution < -0.4 is 10.6 Å². The molecule has 0 aliphatic heterocycles. The largest absolute Gasteiger partial charge is 0.354 e. The Balaban J connectivity index is 2.24. The predicted octanol–water partition coefficient (Wildman–Crippen LogP) is 4.08. The van der Waals surface area contributed by atoms with Gasteiger partial charge in [0.1, 0.15) is 5.82 Å². The Morgan fingerprint density at radius 1 is 1.25 bits per heavy atom. The minimum atomic E-state index is 0.514. The molecular weight excluding hydrogens is 248 g/mol. The van der Waals surface area contributed by atoms with Gasteiger partial charge in [-0.25, -0.2) is 4.98 Å². The third-order valence-corrected chi connectivity index (χ3v) is 3.12. The van der Waals surface area contributed by atoms with E-state index in [9.17, 15) is 0 Å². The second-order valence-corrected chi connectivity index (χ2v) is 5.16. The Bertz CT molecular complexity index is 578. The van der Waals surface area contributed by atoms with Crippen molar-refractivity contribution in [3.63, 3.8) is 0 Å². The number of anilines is 3. The second-order valence-electron chi connectivity index (χ2n) is 5.16. The molecule has 4 heteroatoms. The predicted molar refractivity (Wildman–Crippen MR) is 84.7 cm³/mol.